The van der Waals surface area contributed by atoms with Crippen LogP contribution in [-0.2, 0) is 42.8 Å². The molecule has 2 amide bonds. The highest BCUT2D eigenvalue weighted by atomic mass is 16.8. The van der Waals surface area contributed by atoms with Crippen molar-refractivity contribution >= 4 is 17.8 Å². The molecule has 3 heterocycles. The Morgan fingerprint density at radius 2 is 0.931 bits per heavy atom. The lowest BCUT2D eigenvalue weighted by Crippen LogP contribution is -2.70. The fourth-order valence-corrected chi connectivity index (χ4v) is 14.0. The van der Waals surface area contributed by atoms with E-state index in [1.54, 1.807) is 6.08 Å². The van der Waals surface area contributed by atoms with E-state index in [9.17, 15) is 75.7 Å². The molecular formula is C78H144N2O21. The molecular weight excluding hydrogens is 1300 g/mol. The van der Waals surface area contributed by atoms with Crippen LogP contribution in [-0.4, -0.2) is 215 Å². The maximum absolute atomic E-state index is 13.5. The summed E-state index contributed by atoms with van der Waals surface area (Å²) < 4.78 is 34.8. The van der Waals surface area contributed by atoms with E-state index in [4.69, 9.17) is 28.4 Å². The van der Waals surface area contributed by atoms with Crippen LogP contribution in [0.25, 0.3) is 0 Å². The number of rotatable bonds is 63. The van der Waals surface area contributed by atoms with Gasteiger partial charge in [-0.2, -0.15) is 0 Å². The van der Waals surface area contributed by atoms with E-state index < -0.39 is 155 Å². The molecule has 14 N–H and O–H groups in total. The molecule has 3 aliphatic rings. The van der Waals surface area contributed by atoms with E-state index >= 15 is 0 Å². The van der Waals surface area contributed by atoms with Gasteiger partial charge in [0.05, 0.1) is 50.7 Å². The van der Waals surface area contributed by atoms with Gasteiger partial charge in [-0.3, -0.25) is 9.59 Å². The first-order chi connectivity index (χ1) is 48.9. The summed E-state index contributed by atoms with van der Waals surface area (Å²) in [5, 5.41) is 136. The number of hydrogen-bond acceptors (Lipinski definition) is 20. The van der Waals surface area contributed by atoms with Crippen molar-refractivity contribution in [2.75, 3.05) is 26.4 Å². The van der Waals surface area contributed by atoms with E-state index in [2.05, 4.69) is 36.6 Å². The van der Waals surface area contributed by atoms with Crippen LogP contribution in [0.15, 0.2) is 24.3 Å². The van der Waals surface area contributed by atoms with Crippen molar-refractivity contribution in [2.45, 2.75) is 426 Å². The van der Waals surface area contributed by atoms with Crippen LogP contribution < -0.4 is 10.6 Å². The predicted octanol–water partition coefficient (Wildman–Crippen LogP) is 10.4. The number of amides is 2. The number of aliphatic hydroxyl groups excluding tert-OH is 11. The number of carbonyl (C=O) groups is 3. The van der Waals surface area contributed by atoms with Crippen LogP contribution in [0.1, 0.15) is 316 Å². The van der Waals surface area contributed by atoms with Gasteiger partial charge in [-0.25, -0.2) is 4.79 Å². The standard InChI is InChI=1S/C78H144N2O21/c1-4-6-8-10-12-14-16-17-18-19-20-21-22-23-24-25-26-27-28-29-30-31-32-33-34-35-36-37-38-39-40-41-42-44-46-48-50-52-65(88)80-59(60(85)51-49-47-45-43-15-13-11-9-7-5-2)57-96-75-70(92)69(91)72(64(56-83)98-75)99-76-71(93)74(68(90)63(55-82)97-76)101-78(77(94)95)53-61(86)66(79-58(3)84)73(100-78)67(89)62(87)54-81/h27-28,49,51,59-64,66-76,81-83,85-87,89-93H,4-26,29-48,50,52-57H2,1-3H3,(H,79,84)(H,80,88)(H,94,95)/b28-27-,51-49+. The second-order valence-electron chi connectivity index (χ2n) is 29.3. The first-order valence-corrected chi connectivity index (χ1v) is 40.2. The molecule has 18 unspecified atom stereocenters. The number of aliphatic hydroxyl groups is 11. The van der Waals surface area contributed by atoms with Gasteiger partial charge in [0.15, 0.2) is 12.6 Å². The number of carbonyl (C=O) groups excluding carboxylic acids is 2. The third kappa shape index (κ3) is 38.0. The lowest BCUT2D eigenvalue weighted by atomic mass is 9.88. The van der Waals surface area contributed by atoms with Crippen molar-refractivity contribution in [2.24, 2.45) is 0 Å². The average molecular weight is 1450 g/mol. The molecule has 0 radical (unpaired) electrons. The number of allylic oxidation sites excluding steroid dienone is 3. The molecule has 592 valence electrons. The maximum atomic E-state index is 13.5. The Bertz CT molecular complexity index is 2110. The molecule has 0 bridgehead atoms. The molecule has 3 rings (SSSR count). The smallest absolute Gasteiger partial charge is 0.364 e. The Kier molecular flexibility index (Phi) is 52.5. The number of hydrogen-bond donors (Lipinski definition) is 14. The molecule has 101 heavy (non-hydrogen) atoms. The summed E-state index contributed by atoms with van der Waals surface area (Å²) in [6.45, 7) is 2.13. The molecule has 0 aliphatic carbocycles. The first-order valence-electron chi connectivity index (χ1n) is 40.2. The van der Waals surface area contributed by atoms with E-state index in [0.29, 0.717) is 12.8 Å². The van der Waals surface area contributed by atoms with Gasteiger partial charge in [-0.05, 0) is 44.9 Å². The Balaban J connectivity index is 1.39. The van der Waals surface area contributed by atoms with Crippen LogP contribution >= 0.6 is 0 Å². The van der Waals surface area contributed by atoms with E-state index in [-0.39, 0.29) is 12.3 Å². The third-order valence-electron chi connectivity index (χ3n) is 20.4. The second-order valence-corrected chi connectivity index (χ2v) is 29.3. The van der Waals surface area contributed by atoms with E-state index in [1.807, 2.05) is 6.08 Å². The van der Waals surface area contributed by atoms with Crippen molar-refractivity contribution < 1.29 is 104 Å². The molecule has 0 aromatic rings. The van der Waals surface area contributed by atoms with Crippen LogP contribution in [0.4, 0.5) is 0 Å². The minimum atomic E-state index is -3.08. The summed E-state index contributed by atoms with van der Waals surface area (Å²) in [7, 11) is 0. The molecule has 0 saturated carbocycles. The van der Waals surface area contributed by atoms with E-state index in [0.717, 1.165) is 51.9 Å². The molecule has 23 nitrogen and oxygen atoms in total. The summed E-state index contributed by atoms with van der Waals surface area (Å²) in [5.41, 5.74) is 0. The van der Waals surface area contributed by atoms with Crippen molar-refractivity contribution in [3.05, 3.63) is 24.3 Å². The lowest BCUT2D eigenvalue weighted by Gasteiger charge is -2.50. The fraction of sp³-hybridized carbons (Fsp3) is 0.910. The van der Waals surface area contributed by atoms with E-state index in [1.165, 1.54) is 225 Å². The van der Waals surface area contributed by atoms with Gasteiger partial charge in [0.2, 0.25) is 11.8 Å². The first kappa shape index (κ1) is 92.4. The van der Waals surface area contributed by atoms with Crippen molar-refractivity contribution in [3.63, 3.8) is 0 Å². The van der Waals surface area contributed by atoms with Gasteiger partial charge < -0.3 is 100 Å². The Morgan fingerprint density at radius 3 is 1.35 bits per heavy atom. The molecule has 0 spiro atoms. The highest BCUT2D eigenvalue weighted by molar-refractivity contribution is 5.77. The number of aliphatic carboxylic acids is 1. The van der Waals surface area contributed by atoms with Crippen LogP contribution in [0, 0.1) is 0 Å². The zero-order valence-electron chi connectivity index (χ0n) is 62.5. The summed E-state index contributed by atoms with van der Waals surface area (Å²) in [4.78, 5) is 38.6. The Morgan fingerprint density at radius 1 is 0.515 bits per heavy atom. The topological polar surface area (TPSA) is 373 Å². The van der Waals surface area contributed by atoms with Gasteiger partial charge in [-0.1, -0.05) is 276 Å². The zero-order valence-corrected chi connectivity index (χ0v) is 62.5. The minimum absolute atomic E-state index is 0.203. The van der Waals surface area contributed by atoms with Crippen LogP contribution in [0.2, 0.25) is 0 Å². The fourth-order valence-electron chi connectivity index (χ4n) is 14.0. The highest BCUT2D eigenvalue weighted by Gasteiger charge is 2.60. The van der Waals surface area contributed by atoms with Crippen LogP contribution in [0.3, 0.4) is 0 Å². The van der Waals surface area contributed by atoms with Gasteiger partial charge in [-0.15, -0.1) is 0 Å². The number of carboxylic acid groups (broad SMARTS) is 1. The summed E-state index contributed by atoms with van der Waals surface area (Å²) in [6, 6.07) is -2.62. The van der Waals surface area contributed by atoms with Crippen molar-refractivity contribution in [1.82, 2.24) is 10.6 Å². The van der Waals surface area contributed by atoms with Crippen molar-refractivity contribution in [1.29, 1.82) is 0 Å². The SMILES string of the molecule is CCCCCCCCCC/C=C/C(O)C(COC1OC(CO)C(OC2OC(CO)C(O)C(OC3(C(=O)O)CC(O)C(NC(C)=O)C(C(O)C(O)CO)O3)C2O)C(O)C1O)NC(=O)CCCCCCCCCCCCCCCCCCC/C=C\CCCCCCCCCCCCCCCCCC. The maximum Gasteiger partial charge on any atom is 0.364 e. The largest absolute Gasteiger partial charge is 0.477 e. The van der Waals surface area contributed by atoms with Gasteiger partial charge in [0.25, 0.3) is 5.79 Å². The lowest BCUT2D eigenvalue weighted by molar-refractivity contribution is -0.386. The molecule has 18 atom stereocenters. The number of nitrogens with one attached hydrogen (secondary N) is 2. The summed E-state index contributed by atoms with van der Waals surface area (Å²) in [6.07, 6.45) is 34.3. The molecule has 0 aromatic carbocycles. The number of carboxylic acids is 1. The quantitative estimate of drug-likeness (QED) is 0.0199. The molecule has 23 heteroatoms. The summed E-state index contributed by atoms with van der Waals surface area (Å²) in [5.74, 6) is -6.14. The zero-order chi connectivity index (χ0) is 73.9. The molecule has 3 fully saturated rings. The Labute approximate surface area is 606 Å². The molecule has 3 saturated heterocycles. The number of unbranched alkanes of at least 4 members (excludes halogenated alkanes) is 41. The average Bonchev–Trinajstić information content (AvgIpc) is 0.756. The molecule has 3 aliphatic heterocycles. The Hall–Kier alpha value is -2.79. The van der Waals surface area contributed by atoms with Gasteiger partial charge >= 0.3 is 5.97 Å². The van der Waals surface area contributed by atoms with Crippen LogP contribution in [0.5, 0.6) is 0 Å². The number of ether oxygens (including phenoxy) is 6. The monoisotopic (exact) mass is 1450 g/mol. The van der Waals surface area contributed by atoms with Gasteiger partial charge in [0, 0.05) is 19.8 Å². The van der Waals surface area contributed by atoms with Gasteiger partial charge in [0.1, 0.15) is 67.1 Å². The summed E-state index contributed by atoms with van der Waals surface area (Å²) >= 11 is 0. The third-order valence-corrected chi connectivity index (χ3v) is 20.4. The predicted molar refractivity (Wildman–Crippen MR) is 389 cm³/mol. The normalized spacial score (nSPS) is 26.9. The second kappa shape index (κ2) is 57.4. The molecule has 0 aromatic heterocycles. The van der Waals surface area contributed by atoms with Crippen molar-refractivity contribution in [3.8, 4) is 0 Å². The highest BCUT2D eigenvalue weighted by Crippen LogP contribution is 2.39. The minimum Gasteiger partial charge on any atom is -0.477 e.